The highest BCUT2D eigenvalue weighted by Gasteiger charge is 2.27. The molecule has 0 bridgehead atoms. The maximum absolute atomic E-state index is 13.0. The van der Waals surface area contributed by atoms with Crippen molar-refractivity contribution in [1.82, 2.24) is 0 Å². The van der Waals surface area contributed by atoms with Gasteiger partial charge in [-0.1, -0.05) is 0 Å². The number of hydrogen-bond donors (Lipinski definition) is 2. The highest BCUT2D eigenvalue weighted by Crippen LogP contribution is 2.27. The first-order chi connectivity index (χ1) is 7.77. The third-order valence-electron chi connectivity index (χ3n) is 1.94. The Labute approximate surface area is 91.9 Å². The summed E-state index contributed by atoms with van der Waals surface area (Å²) in [5.74, 6) is -12.3. The monoisotopic (exact) mass is 255 g/mol. The maximum Gasteiger partial charge on any atom is 0.325 e. The molecular weight excluding hydrogens is 249 g/mol. The van der Waals surface area contributed by atoms with E-state index in [1.807, 2.05) is 0 Å². The minimum absolute atomic E-state index is 0.986. The van der Waals surface area contributed by atoms with Gasteiger partial charge in [-0.2, -0.15) is 0 Å². The fraction of sp³-hybridized carbons (Fsp3) is 0.222. The van der Waals surface area contributed by atoms with Gasteiger partial charge in [0.1, 0.15) is 11.7 Å². The molecule has 2 N–H and O–H groups in total. The lowest BCUT2D eigenvalue weighted by Gasteiger charge is -2.13. The topological polar surface area (TPSA) is 49.3 Å². The summed E-state index contributed by atoms with van der Waals surface area (Å²) in [5, 5.41) is 10.1. The summed E-state index contributed by atoms with van der Waals surface area (Å²) >= 11 is 0. The van der Waals surface area contributed by atoms with Crippen LogP contribution in [0.3, 0.4) is 0 Å². The predicted octanol–water partition coefficient (Wildman–Crippen LogP) is 2.27. The number of rotatable bonds is 3. The van der Waals surface area contributed by atoms with Gasteiger partial charge in [-0.15, -0.1) is 0 Å². The number of carboxylic acid groups (broad SMARTS) is 1. The van der Waals surface area contributed by atoms with Crippen molar-refractivity contribution in [2.24, 2.45) is 0 Å². The zero-order valence-corrected chi connectivity index (χ0v) is 8.32. The van der Waals surface area contributed by atoms with E-state index in [2.05, 4.69) is 0 Å². The molecule has 0 spiro atoms. The van der Waals surface area contributed by atoms with Gasteiger partial charge in [0.05, 0.1) is 0 Å². The number of carboxylic acids is 1. The van der Waals surface area contributed by atoms with Crippen molar-refractivity contribution in [1.29, 1.82) is 0 Å². The second kappa shape index (κ2) is 4.56. The third kappa shape index (κ3) is 2.29. The first-order valence-electron chi connectivity index (χ1n) is 4.28. The molecule has 3 nitrogen and oxygen atoms in total. The van der Waals surface area contributed by atoms with Crippen LogP contribution in [0.2, 0.25) is 0 Å². The molecule has 17 heavy (non-hydrogen) atoms. The Morgan fingerprint density at radius 1 is 1.00 bits per heavy atom. The molecule has 1 aromatic rings. The molecule has 1 atom stereocenters. The van der Waals surface area contributed by atoms with Crippen LogP contribution in [-0.2, 0) is 4.79 Å². The van der Waals surface area contributed by atoms with E-state index >= 15 is 0 Å². The smallest absolute Gasteiger partial charge is 0.325 e. The Balaban J connectivity index is 3.30. The predicted molar refractivity (Wildman–Crippen MR) is 47.0 cm³/mol. The van der Waals surface area contributed by atoms with Crippen LogP contribution in [0.15, 0.2) is 0 Å². The number of aliphatic carboxylic acids is 1. The van der Waals surface area contributed by atoms with Crippen molar-refractivity contribution in [2.45, 2.75) is 13.0 Å². The third-order valence-corrected chi connectivity index (χ3v) is 1.94. The molecular formula is C9H6F5NO2. The molecule has 8 heteroatoms. The summed E-state index contributed by atoms with van der Waals surface area (Å²) in [4.78, 5) is 10.4. The Hall–Kier alpha value is -1.86. The average molecular weight is 255 g/mol. The number of carbonyl (C=O) groups is 1. The summed E-state index contributed by atoms with van der Waals surface area (Å²) in [7, 11) is 0. The summed E-state index contributed by atoms with van der Waals surface area (Å²) < 4.78 is 64.1. The van der Waals surface area contributed by atoms with Gasteiger partial charge >= 0.3 is 5.97 Å². The molecule has 0 unspecified atom stereocenters. The van der Waals surface area contributed by atoms with E-state index in [4.69, 9.17) is 5.11 Å². The standard InChI is InChI=1S/C9H6F5NO2/c1-2(9(16)17)15-8-6(13)4(11)3(10)5(12)7(8)14/h2,15H,1H3,(H,16,17)/t2-/m0/s1. The van der Waals surface area contributed by atoms with Crippen LogP contribution in [0.4, 0.5) is 27.6 Å². The quantitative estimate of drug-likeness (QED) is 0.495. The van der Waals surface area contributed by atoms with Gasteiger partial charge in [0.25, 0.3) is 0 Å². The highest BCUT2D eigenvalue weighted by molar-refractivity contribution is 5.76. The van der Waals surface area contributed by atoms with Crippen molar-refractivity contribution in [3.8, 4) is 0 Å². The number of benzene rings is 1. The summed E-state index contributed by atoms with van der Waals surface area (Å²) in [6, 6.07) is -1.51. The van der Waals surface area contributed by atoms with Crippen LogP contribution in [0.25, 0.3) is 0 Å². The van der Waals surface area contributed by atoms with Crippen molar-refractivity contribution in [3.63, 3.8) is 0 Å². The van der Waals surface area contributed by atoms with Crippen molar-refractivity contribution < 1.29 is 31.9 Å². The molecule has 1 rings (SSSR count). The highest BCUT2D eigenvalue weighted by atomic mass is 19.2. The molecule has 0 saturated heterocycles. The van der Waals surface area contributed by atoms with E-state index in [0.717, 1.165) is 6.92 Å². The molecule has 94 valence electrons. The molecule has 0 aromatic heterocycles. The van der Waals surface area contributed by atoms with Crippen LogP contribution in [0.1, 0.15) is 6.92 Å². The van der Waals surface area contributed by atoms with Gasteiger partial charge < -0.3 is 10.4 Å². The lowest BCUT2D eigenvalue weighted by Crippen LogP contribution is -2.27. The van der Waals surface area contributed by atoms with E-state index in [1.165, 1.54) is 0 Å². The summed E-state index contributed by atoms with van der Waals surface area (Å²) in [6.45, 7) is 0.986. The Morgan fingerprint density at radius 3 is 1.71 bits per heavy atom. The largest absolute Gasteiger partial charge is 0.480 e. The lowest BCUT2D eigenvalue weighted by molar-refractivity contribution is -0.137. The Morgan fingerprint density at radius 2 is 1.35 bits per heavy atom. The minimum atomic E-state index is -2.30. The van der Waals surface area contributed by atoms with Crippen LogP contribution in [0, 0.1) is 29.1 Å². The SMILES string of the molecule is C[C@H](Nc1c(F)c(F)c(F)c(F)c1F)C(=O)O. The zero-order chi connectivity index (χ0) is 13.3. The number of anilines is 1. The number of halogens is 5. The van der Waals surface area contributed by atoms with Crippen LogP contribution < -0.4 is 5.32 Å². The van der Waals surface area contributed by atoms with E-state index in [9.17, 15) is 26.7 Å². The zero-order valence-electron chi connectivity index (χ0n) is 8.32. The van der Waals surface area contributed by atoms with E-state index in [1.54, 1.807) is 5.32 Å². The summed E-state index contributed by atoms with van der Waals surface area (Å²) in [6.07, 6.45) is 0. The lowest BCUT2D eigenvalue weighted by atomic mass is 10.2. The molecule has 0 aliphatic heterocycles. The van der Waals surface area contributed by atoms with Crippen molar-refractivity contribution in [3.05, 3.63) is 29.1 Å². The van der Waals surface area contributed by atoms with Gasteiger partial charge in [-0.25, -0.2) is 22.0 Å². The fourth-order valence-corrected chi connectivity index (χ4v) is 1.01. The van der Waals surface area contributed by atoms with Crippen molar-refractivity contribution >= 4 is 11.7 Å². The Kier molecular flexibility index (Phi) is 3.54. The summed E-state index contributed by atoms with van der Waals surface area (Å²) in [5.41, 5.74) is -1.36. The van der Waals surface area contributed by atoms with Gasteiger partial charge in [0, 0.05) is 0 Å². The second-order valence-corrected chi connectivity index (χ2v) is 3.15. The molecule has 0 saturated carbocycles. The molecule has 0 radical (unpaired) electrons. The van der Waals surface area contributed by atoms with E-state index < -0.39 is 46.8 Å². The van der Waals surface area contributed by atoms with Crippen molar-refractivity contribution in [2.75, 3.05) is 5.32 Å². The minimum Gasteiger partial charge on any atom is -0.480 e. The molecule has 0 amide bonds. The first kappa shape index (κ1) is 13.2. The van der Waals surface area contributed by atoms with Gasteiger partial charge in [-0.05, 0) is 6.92 Å². The molecule has 0 fully saturated rings. The molecule has 0 aliphatic carbocycles. The maximum atomic E-state index is 13.0. The molecule has 0 heterocycles. The average Bonchev–Trinajstić information content (AvgIpc) is 2.29. The van der Waals surface area contributed by atoms with Gasteiger partial charge in [0.2, 0.25) is 5.82 Å². The van der Waals surface area contributed by atoms with Gasteiger partial charge in [0.15, 0.2) is 23.3 Å². The first-order valence-corrected chi connectivity index (χ1v) is 4.28. The molecule has 1 aromatic carbocycles. The van der Waals surface area contributed by atoms with Crippen LogP contribution in [0.5, 0.6) is 0 Å². The molecule has 0 aliphatic rings. The van der Waals surface area contributed by atoms with Crippen LogP contribution >= 0.6 is 0 Å². The number of hydrogen-bond acceptors (Lipinski definition) is 2. The van der Waals surface area contributed by atoms with E-state index in [-0.39, 0.29) is 0 Å². The van der Waals surface area contributed by atoms with Crippen LogP contribution in [-0.4, -0.2) is 17.1 Å². The normalized spacial score (nSPS) is 12.4. The Bertz CT molecular complexity index is 448. The van der Waals surface area contributed by atoms with E-state index in [0.29, 0.717) is 0 Å². The number of nitrogens with one attached hydrogen (secondary N) is 1. The van der Waals surface area contributed by atoms with Gasteiger partial charge in [-0.3, -0.25) is 4.79 Å². The second-order valence-electron chi connectivity index (χ2n) is 3.15. The fourth-order valence-electron chi connectivity index (χ4n) is 1.01.